The lowest BCUT2D eigenvalue weighted by Gasteiger charge is -2.59. The average molecular weight is 344 g/mol. The van der Waals surface area contributed by atoms with E-state index in [9.17, 15) is 19.8 Å². The fourth-order valence-electron chi connectivity index (χ4n) is 6.77. The van der Waals surface area contributed by atoms with Crippen molar-refractivity contribution in [2.24, 2.45) is 28.6 Å². The zero-order chi connectivity index (χ0) is 18.0. The molecule has 0 bridgehead atoms. The van der Waals surface area contributed by atoms with Gasteiger partial charge >= 0.3 is 0 Å². The first kappa shape index (κ1) is 17.2. The van der Waals surface area contributed by atoms with Gasteiger partial charge in [0.1, 0.15) is 6.61 Å². The predicted molar refractivity (Wildman–Crippen MR) is 93.7 cm³/mol. The Morgan fingerprint density at radius 1 is 1.28 bits per heavy atom. The molecule has 0 aliphatic heterocycles. The van der Waals surface area contributed by atoms with Gasteiger partial charge in [-0.2, -0.15) is 0 Å². The van der Waals surface area contributed by atoms with Crippen LogP contribution >= 0.6 is 0 Å². The number of carbonyl (C=O) groups is 2. The van der Waals surface area contributed by atoms with Crippen molar-refractivity contribution in [3.8, 4) is 0 Å². The van der Waals surface area contributed by atoms with Crippen molar-refractivity contribution in [1.29, 1.82) is 0 Å². The number of allylic oxidation sites excluding steroid dienone is 3. The highest BCUT2D eigenvalue weighted by atomic mass is 16.3. The molecule has 4 rings (SSSR count). The van der Waals surface area contributed by atoms with E-state index in [1.165, 1.54) is 5.57 Å². The van der Waals surface area contributed by atoms with Gasteiger partial charge in [-0.25, -0.2) is 0 Å². The summed E-state index contributed by atoms with van der Waals surface area (Å²) in [6.45, 7) is 3.88. The molecule has 0 amide bonds. The molecule has 0 heterocycles. The molecular formula is C21H28O4. The summed E-state index contributed by atoms with van der Waals surface area (Å²) in [5.41, 5.74) is 1.53. The smallest absolute Gasteiger partial charge is 0.184 e. The van der Waals surface area contributed by atoms with Gasteiger partial charge < -0.3 is 10.2 Å². The maximum absolute atomic E-state index is 12.2. The van der Waals surface area contributed by atoms with Gasteiger partial charge in [-0.3, -0.25) is 9.59 Å². The van der Waals surface area contributed by atoms with Gasteiger partial charge in [-0.05, 0) is 66.9 Å². The van der Waals surface area contributed by atoms with Gasteiger partial charge in [-0.15, -0.1) is 0 Å². The number of aliphatic hydroxyl groups is 2. The van der Waals surface area contributed by atoms with Crippen LogP contribution in [0.25, 0.3) is 0 Å². The molecule has 0 aromatic heterocycles. The van der Waals surface area contributed by atoms with Gasteiger partial charge in [0.05, 0.1) is 6.10 Å². The van der Waals surface area contributed by atoms with E-state index in [1.807, 2.05) is 12.2 Å². The number of hydrogen-bond acceptors (Lipinski definition) is 4. The van der Waals surface area contributed by atoms with Crippen LogP contribution < -0.4 is 0 Å². The molecule has 4 aliphatic carbocycles. The Morgan fingerprint density at radius 3 is 2.76 bits per heavy atom. The fraction of sp³-hybridized carbons (Fsp3) is 0.714. The van der Waals surface area contributed by atoms with Crippen LogP contribution in [0.3, 0.4) is 0 Å². The van der Waals surface area contributed by atoms with Crippen molar-refractivity contribution in [2.45, 2.75) is 58.5 Å². The summed E-state index contributed by atoms with van der Waals surface area (Å²) in [6.07, 6.45) is 8.12. The molecule has 0 aromatic carbocycles. The molecule has 2 saturated carbocycles. The Bertz CT molecular complexity index is 690. The molecule has 0 saturated heterocycles. The zero-order valence-electron chi connectivity index (χ0n) is 15.1. The Balaban J connectivity index is 1.71. The van der Waals surface area contributed by atoms with Crippen LogP contribution in [0, 0.1) is 28.6 Å². The van der Waals surface area contributed by atoms with Crippen molar-refractivity contribution >= 4 is 11.6 Å². The van der Waals surface area contributed by atoms with E-state index in [4.69, 9.17) is 0 Å². The van der Waals surface area contributed by atoms with Crippen molar-refractivity contribution < 1.29 is 19.8 Å². The molecule has 136 valence electrons. The molecule has 6 atom stereocenters. The first-order valence-corrected chi connectivity index (χ1v) is 9.58. The minimum atomic E-state index is -0.471. The molecule has 4 nitrogen and oxygen atoms in total. The minimum absolute atomic E-state index is 0.0959. The molecule has 0 radical (unpaired) electrons. The van der Waals surface area contributed by atoms with Crippen LogP contribution in [0.2, 0.25) is 0 Å². The van der Waals surface area contributed by atoms with Gasteiger partial charge in [0.2, 0.25) is 0 Å². The second-order valence-electron chi connectivity index (χ2n) is 9.01. The molecule has 2 fully saturated rings. The van der Waals surface area contributed by atoms with E-state index in [2.05, 4.69) is 13.8 Å². The van der Waals surface area contributed by atoms with E-state index in [0.717, 1.165) is 31.3 Å². The molecule has 25 heavy (non-hydrogen) atoms. The van der Waals surface area contributed by atoms with Crippen LogP contribution in [-0.4, -0.2) is 34.5 Å². The Labute approximate surface area is 149 Å². The molecule has 0 aromatic rings. The Morgan fingerprint density at radius 2 is 2.04 bits per heavy atom. The third kappa shape index (κ3) is 2.26. The summed E-state index contributed by atoms with van der Waals surface area (Å²) in [5, 5.41) is 20.5. The van der Waals surface area contributed by atoms with E-state index >= 15 is 0 Å². The monoisotopic (exact) mass is 344 g/mol. The third-order valence-corrected chi connectivity index (χ3v) is 7.92. The first-order chi connectivity index (χ1) is 11.8. The summed E-state index contributed by atoms with van der Waals surface area (Å²) in [4.78, 5) is 24.1. The Kier molecular flexibility index (Phi) is 3.86. The normalized spacial score (nSPS) is 45.8. The Hall–Kier alpha value is -1.26. The maximum atomic E-state index is 12.2. The number of rotatable bonds is 2. The lowest BCUT2D eigenvalue weighted by molar-refractivity contribution is -0.130. The van der Waals surface area contributed by atoms with Crippen LogP contribution in [0.1, 0.15) is 52.4 Å². The second-order valence-corrected chi connectivity index (χ2v) is 9.01. The van der Waals surface area contributed by atoms with Gasteiger partial charge in [0, 0.05) is 11.8 Å². The predicted octanol–water partition coefficient (Wildman–Crippen LogP) is 2.59. The number of hydrogen-bond donors (Lipinski definition) is 2. The second kappa shape index (κ2) is 5.62. The van der Waals surface area contributed by atoms with Crippen molar-refractivity contribution in [2.75, 3.05) is 6.61 Å². The molecular weight excluding hydrogens is 316 g/mol. The average Bonchev–Trinajstić information content (AvgIpc) is 2.91. The number of Topliss-reactive ketones (excluding diaryl/α,β-unsaturated/α-hetero) is 1. The van der Waals surface area contributed by atoms with Gasteiger partial charge in [0.15, 0.2) is 11.6 Å². The van der Waals surface area contributed by atoms with Crippen LogP contribution in [0.15, 0.2) is 23.3 Å². The van der Waals surface area contributed by atoms with E-state index < -0.39 is 12.7 Å². The van der Waals surface area contributed by atoms with Gasteiger partial charge in [-0.1, -0.05) is 25.5 Å². The van der Waals surface area contributed by atoms with Crippen LogP contribution in [0.4, 0.5) is 0 Å². The highest BCUT2D eigenvalue weighted by Crippen LogP contribution is 2.65. The lowest BCUT2D eigenvalue weighted by atomic mass is 9.46. The van der Waals surface area contributed by atoms with Crippen LogP contribution in [0.5, 0.6) is 0 Å². The van der Waals surface area contributed by atoms with Crippen molar-refractivity contribution in [1.82, 2.24) is 0 Å². The standard InChI is InChI=1S/C21H28O4/c1-20-8-7-13(23)9-12(20)3-4-14-15-5-6-16(18(25)11-22)21(15,2)10-17(24)19(14)20/h6,9,14-15,17,19,22,24H,3-5,7-8,10-11H2,1-2H3/t14-,15-,17+,19+,20-,21-/m0/s1. The summed E-state index contributed by atoms with van der Waals surface area (Å²) < 4.78 is 0. The van der Waals surface area contributed by atoms with Crippen LogP contribution in [-0.2, 0) is 9.59 Å². The summed E-state index contributed by atoms with van der Waals surface area (Å²) >= 11 is 0. The van der Waals surface area contributed by atoms with E-state index in [1.54, 1.807) is 0 Å². The molecule has 2 N–H and O–H groups in total. The van der Waals surface area contributed by atoms with E-state index in [0.29, 0.717) is 24.7 Å². The van der Waals surface area contributed by atoms with E-state index in [-0.39, 0.29) is 28.3 Å². The van der Waals surface area contributed by atoms with Gasteiger partial charge in [0.25, 0.3) is 0 Å². The number of aliphatic hydroxyl groups excluding tert-OH is 2. The maximum Gasteiger partial charge on any atom is 0.184 e. The highest BCUT2D eigenvalue weighted by molar-refractivity contribution is 5.98. The quantitative estimate of drug-likeness (QED) is 0.807. The summed E-state index contributed by atoms with van der Waals surface area (Å²) in [6, 6.07) is 0. The number of ketones is 2. The first-order valence-electron chi connectivity index (χ1n) is 9.58. The summed E-state index contributed by atoms with van der Waals surface area (Å²) in [5.74, 6) is 0.906. The largest absolute Gasteiger partial charge is 0.393 e. The lowest BCUT2D eigenvalue weighted by Crippen LogP contribution is -2.56. The number of carbonyl (C=O) groups excluding carboxylic acids is 2. The molecule has 0 spiro atoms. The number of fused-ring (bicyclic) bond motifs is 5. The molecule has 4 heteroatoms. The summed E-state index contributed by atoms with van der Waals surface area (Å²) in [7, 11) is 0. The molecule has 0 unspecified atom stereocenters. The minimum Gasteiger partial charge on any atom is -0.393 e. The van der Waals surface area contributed by atoms with Crippen molar-refractivity contribution in [3.63, 3.8) is 0 Å². The zero-order valence-corrected chi connectivity index (χ0v) is 15.1. The van der Waals surface area contributed by atoms with Crippen molar-refractivity contribution in [3.05, 3.63) is 23.3 Å². The topological polar surface area (TPSA) is 74.6 Å². The SMILES string of the molecule is C[C@]12CCC(=O)C=C1CC[C@@H]1[C@@H]2[C@H](O)C[C@]2(C)C(C(=O)CO)=CC[C@@H]12. The highest BCUT2D eigenvalue weighted by Gasteiger charge is 2.60. The molecule has 4 aliphatic rings. The fourth-order valence-corrected chi connectivity index (χ4v) is 6.77. The third-order valence-electron chi connectivity index (χ3n) is 7.92.